The highest BCUT2D eigenvalue weighted by atomic mass is 16.5. The molecule has 136 valence electrons. The van der Waals surface area contributed by atoms with Crippen molar-refractivity contribution in [3.63, 3.8) is 0 Å². The number of hydrogen-bond acceptors (Lipinski definition) is 3. The number of benzene rings is 1. The Morgan fingerprint density at radius 1 is 1.32 bits per heavy atom. The van der Waals surface area contributed by atoms with Crippen LogP contribution >= 0.6 is 0 Å². The first kappa shape index (κ1) is 18.0. The van der Waals surface area contributed by atoms with E-state index < -0.39 is 0 Å². The Kier molecular flexibility index (Phi) is 5.79. The number of likely N-dealkylation sites (tertiary alicyclic amines) is 1. The summed E-state index contributed by atoms with van der Waals surface area (Å²) >= 11 is 0. The molecule has 2 aromatic rings. The lowest BCUT2D eigenvalue weighted by Crippen LogP contribution is -2.38. The zero-order valence-corrected chi connectivity index (χ0v) is 15.7. The van der Waals surface area contributed by atoms with Crippen molar-refractivity contribution in [2.75, 3.05) is 13.2 Å². The van der Waals surface area contributed by atoms with Crippen LogP contribution < -0.4 is 10.2 Å². The van der Waals surface area contributed by atoms with E-state index in [1.165, 1.54) is 19.3 Å². The van der Waals surface area contributed by atoms with Crippen LogP contribution in [0.2, 0.25) is 0 Å². The zero-order chi connectivity index (χ0) is 17.8. The van der Waals surface area contributed by atoms with Crippen molar-refractivity contribution in [1.82, 2.24) is 9.88 Å². The molecule has 1 aromatic heterocycles. The van der Waals surface area contributed by atoms with E-state index in [0.717, 1.165) is 53.8 Å². The van der Waals surface area contributed by atoms with Gasteiger partial charge in [0, 0.05) is 34.7 Å². The Hall–Kier alpha value is -1.81. The summed E-state index contributed by atoms with van der Waals surface area (Å²) in [5, 5.41) is 0.735. The molecule has 0 unspecified atom stereocenters. The van der Waals surface area contributed by atoms with Crippen molar-refractivity contribution in [2.45, 2.75) is 65.5 Å². The van der Waals surface area contributed by atoms with Gasteiger partial charge < -0.3 is 9.72 Å². The van der Waals surface area contributed by atoms with Crippen LogP contribution in [0.3, 0.4) is 0 Å². The van der Waals surface area contributed by atoms with Gasteiger partial charge in [-0.3, -0.25) is 9.69 Å². The summed E-state index contributed by atoms with van der Waals surface area (Å²) in [5.74, 6) is 0.785. The maximum absolute atomic E-state index is 13.1. The van der Waals surface area contributed by atoms with Crippen LogP contribution in [0.5, 0.6) is 5.75 Å². The highest BCUT2D eigenvalue weighted by molar-refractivity contribution is 5.81. The average Bonchev–Trinajstić information content (AvgIpc) is 2.61. The molecule has 1 atom stereocenters. The molecule has 0 amide bonds. The maximum atomic E-state index is 13.1. The number of aromatic nitrogens is 1. The molecule has 0 saturated carbocycles. The second-order valence-electron chi connectivity index (χ2n) is 7.28. The Morgan fingerprint density at radius 2 is 2.16 bits per heavy atom. The number of ether oxygens (including phenoxy) is 1. The van der Waals surface area contributed by atoms with Crippen molar-refractivity contribution >= 4 is 10.9 Å². The van der Waals surface area contributed by atoms with Crippen LogP contribution in [0.4, 0.5) is 0 Å². The third-order valence-corrected chi connectivity index (χ3v) is 5.35. The summed E-state index contributed by atoms with van der Waals surface area (Å²) in [5.41, 5.74) is 2.91. The first-order chi connectivity index (χ1) is 12.1. The summed E-state index contributed by atoms with van der Waals surface area (Å²) in [6.45, 7) is 8.94. The molecule has 4 heteroatoms. The van der Waals surface area contributed by atoms with Crippen LogP contribution in [0.1, 0.15) is 57.2 Å². The smallest absolute Gasteiger partial charge is 0.194 e. The molecular weight excluding hydrogens is 312 g/mol. The Balaban J connectivity index is 1.91. The van der Waals surface area contributed by atoms with Gasteiger partial charge in [-0.1, -0.05) is 19.8 Å². The van der Waals surface area contributed by atoms with E-state index in [0.29, 0.717) is 12.6 Å². The number of piperidine rings is 1. The zero-order valence-electron chi connectivity index (χ0n) is 15.7. The molecule has 0 aliphatic carbocycles. The number of nitrogens with zero attached hydrogens (tertiary/aromatic N) is 1. The molecule has 1 saturated heterocycles. The average molecular weight is 342 g/mol. The van der Waals surface area contributed by atoms with Gasteiger partial charge in [0.1, 0.15) is 5.75 Å². The first-order valence-corrected chi connectivity index (χ1v) is 9.62. The third kappa shape index (κ3) is 4.06. The van der Waals surface area contributed by atoms with Gasteiger partial charge in [0.25, 0.3) is 0 Å². The molecule has 0 radical (unpaired) electrons. The normalized spacial score (nSPS) is 18.6. The number of aromatic amines is 1. The van der Waals surface area contributed by atoms with Crippen LogP contribution in [0.25, 0.3) is 10.9 Å². The van der Waals surface area contributed by atoms with Crippen molar-refractivity contribution in [2.24, 2.45) is 0 Å². The standard InChI is InChI=1S/C21H30N2O2/c1-4-5-12-25-17-9-10-20-18(13-17)21(24)19(16(3)22-20)14-23-11-7-6-8-15(23)2/h9-10,13,15H,4-8,11-12,14H2,1-3H3,(H,22,24)/t15-/m1/s1. The summed E-state index contributed by atoms with van der Waals surface area (Å²) in [4.78, 5) is 19.0. The predicted octanol–water partition coefficient (Wildman–Crippen LogP) is 4.39. The van der Waals surface area contributed by atoms with Gasteiger partial charge in [0.05, 0.1) is 6.61 Å². The molecule has 0 spiro atoms. The number of aryl methyl sites for hydroxylation is 1. The molecule has 1 aliphatic rings. The van der Waals surface area contributed by atoms with Crippen LogP contribution in [-0.4, -0.2) is 29.1 Å². The number of hydrogen-bond donors (Lipinski definition) is 1. The first-order valence-electron chi connectivity index (χ1n) is 9.62. The van der Waals surface area contributed by atoms with Gasteiger partial charge in [-0.05, 0) is 57.9 Å². The molecule has 0 bridgehead atoms. The molecule has 3 rings (SSSR count). The van der Waals surface area contributed by atoms with Crippen LogP contribution in [-0.2, 0) is 6.54 Å². The quantitative estimate of drug-likeness (QED) is 0.792. The predicted molar refractivity (Wildman–Crippen MR) is 103 cm³/mol. The Labute approximate surface area is 150 Å². The SMILES string of the molecule is CCCCOc1ccc2[nH]c(C)c(CN3CCCC[C@H]3C)c(=O)c2c1. The number of nitrogens with one attached hydrogen (secondary N) is 1. The van der Waals surface area contributed by atoms with Gasteiger partial charge in [-0.25, -0.2) is 0 Å². The van der Waals surface area contributed by atoms with E-state index in [4.69, 9.17) is 4.74 Å². The minimum absolute atomic E-state index is 0.143. The van der Waals surface area contributed by atoms with Gasteiger partial charge >= 0.3 is 0 Å². The highest BCUT2D eigenvalue weighted by Crippen LogP contribution is 2.22. The summed E-state index contributed by atoms with van der Waals surface area (Å²) in [7, 11) is 0. The fourth-order valence-electron chi connectivity index (χ4n) is 3.64. The molecule has 1 N–H and O–H groups in total. The second kappa shape index (κ2) is 8.05. The van der Waals surface area contributed by atoms with E-state index in [1.807, 2.05) is 25.1 Å². The van der Waals surface area contributed by atoms with Gasteiger partial charge in [-0.15, -0.1) is 0 Å². The lowest BCUT2D eigenvalue weighted by atomic mass is 10.0. The van der Waals surface area contributed by atoms with E-state index in [-0.39, 0.29) is 5.43 Å². The lowest BCUT2D eigenvalue weighted by molar-refractivity contribution is 0.152. The van der Waals surface area contributed by atoms with Gasteiger partial charge in [-0.2, -0.15) is 0 Å². The Morgan fingerprint density at radius 3 is 2.92 bits per heavy atom. The van der Waals surface area contributed by atoms with Crippen molar-refractivity contribution in [3.8, 4) is 5.75 Å². The summed E-state index contributed by atoms with van der Waals surface area (Å²) in [6.07, 6.45) is 5.87. The highest BCUT2D eigenvalue weighted by Gasteiger charge is 2.21. The lowest BCUT2D eigenvalue weighted by Gasteiger charge is -2.33. The van der Waals surface area contributed by atoms with Crippen LogP contribution in [0, 0.1) is 6.92 Å². The molecular formula is C21H30N2O2. The molecule has 25 heavy (non-hydrogen) atoms. The number of pyridine rings is 1. The van der Waals surface area contributed by atoms with Crippen molar-refractivity contribution < 1.29 is 4.74 Å². The third-order valence-electron chi connectivity index (χ3n) is 5.35. The molecule has 1 fully saturated rings. The number of unbranched alkanes of at least 4 members (excludes halogenated alkanes) is 1. The summed E-state index contributed by atoms with van der Waals surface area (Å²) < 4.78 is 5.78. The largest absolute Gasteiger partial charge is 0.494 e. The van der Waals surface area contributed by atoms with Crippen LogP contribution in [0.15, 0.2) is 23.0 Å². The Bertz CT molecular complexity index is 781. The fraction of sp³-hybridized carbons (Fsp3) is 0.571. The van der Waals surface area contributed by atoms with E-state index in [1.54, 1.807) is 0 Å². The van der Waals surface area contributed by atoms with E-state index in [2.05, 4.69) is 23.7 Å². The maximum Gasteiger partial charge on any atom is 0.194 e. The molecule has 2 heterocycles. The monoisotopic (exact) mass is 342 g/mol. The van der Waals surface area contributed by atoms with Gasteiger partial charge in [0.2, 0.25) is 0 Å². The molecule has 4 nitrogen and oxygen atoms in total. The molecule has 1 aliphatic heterocycles. The number of fused-ring (bicyclic) bond motifs is 1. The number of H-pyrrole nitrogens is 1. The fourth-order valence-corrected chi connectivity index (χ4v) is 3.64. The van der Waals surface area contributed by atoms with Crippen molar-refractivity contribution in [3.05, 3.63) is 39.7 Å². The van der Waals surface area contributed by atoms with Crippen molar-refractivity contribution in [1.29, 1.82) is 0 Å². The minimum Gasteiger partial charge on any atom is -0.494 e. The molecule has 1 aromatic carbocycles. The second-order valence-corrected chi connectivity index (χ2v) is 7.28. The summed E-state index contributed by atoms with van der Waals surface area (Å²) in [6, 6.07) is 6.34. The van der Waals surface area contributed by atoms with E-state index >= 15 is 0 Å². The number of rotatable bonds is 6. The minimum atomic E-state index is 0.143. The van der Waals surface area contributed by atoms with Gasteiger partial charge in [0.15, 0.2) is 5.43 Å². The topological polar surface area (TPSA) is 45.3 Å². The van der Waals surface area contributed by atoms with E-state index in [9.17, 15) is 4.79 Å².